The molecule has 0 atom stereocenters. The molecule has 0 aromatic heterocycles. The highest BCUT2D eigenvalue weighted by Crippen LogP contribution is 2.27. The van der Waals surface area contributed by atoms with Crippen molar-refractivity contribution in [1.29, 1.82) is 0 Å². The van der Waals surface area contributed by atoms with Crippen LogP contribution in [0.5, 0.6) is 0 Å². The molecule has 19 heavy (non-hydrogen) atoms. The van der Waals surface area contributed by atoms with Crippen LogP contribution in [0.1, 0.15) is 30.6 Å². The van der Waals surface area contributed by atoms with Crippen LogP contribution in [0.15, 0.2) is 18.2 Å². The highest BCUT2D eigenvalue weighted by molar-refractivity contribution is 5.97. The number of methoxy groups -OCH3 is 1. The fourth-order valence-electron chi connectivity index (χ4n) is 1.74. The Morgan fingerprint density at radius 2 is 2.16 bits per heavy atom. The number of carboxylic acid groups (broad SMARTS) is 1. The van der Waals surface area contributed by atoms with E-state index in [9.17, 15) is 4.79 Å². The van der Waals surface area contributed by atoms with Gasteiger partial charge in [0.15, 0.2) is 0 Å². The number of ether oxygens (including phenoxy) is 1. The third-order valence-electron chi connectivity index (χ3n) is 3.05. The molecule has 5 heteroatoms. The van der Waals surface area contributed by atoms with Gasteiger partial charge in [-0.1, -0.05) is 19.9 Å². The van der Waals surface area contributed by atoms with Crippen LogP contribution in [0.3, 0.4) is 0 Å². The predicted molar refractivity (Wildman–Crippen MR) is 76.6 cm³/mol. The zero-order valence-electron chi connectivity index (χ0n) is 11.7. The lowest BCUT2D eigenvalue weighted by Crippen LogP contribution is -2.25. The van der Waals surface area contributed by atoms with Gasteiger partial charge in [0.2, 0.25) is 0 Å². The second-order valence-corrected chi connectivity index (χ2v) is 5.34. The molecule has 0 saturated heterocycles. The Morgan fingerprint density at radius 1 is 1.47 bits per heavy atom. The number of para-hydroxylation sites is 1. The van der Waals surface area contributed by atoms with Gasteiger partial charge in [-0.15, -0.1) is 0 Å². The molecule has 0 saturated carbocycles. The minimum atomic E-state index is -0.982. The van der Waals surface area contributed by atoms with E-state index in [-0.39, 0.29) is 11.0 Å². The molecule has 0 amide bonds. The molecule has 0 heterocycles. The molecule has 0 aliphatic heterocycles. The van der Waals surface area contributed by atoms with Gasteiger partial charge in [0.1, 0.15) is 0 Å². The van der Waals surface area contributed by atoms with Gasteiger partial charge in [-0.2, -0.15) is 0 Å². The maximum atomic E-state index is 11.2. The van der Waals surface area contributed by atoms with E-state index in [0.29, 0.717) is 24.5 Å². The monoisotopic (exact) mass is 266 g/mol. The first kappa shape index (κ1) is 15.3. The number of aromatic carboxylic acids is 1. The van der Waals surface area contributed by atoms with Crippen LogP contribution in [0.25, 0.3) is 0 Å². The number of nitrogens with one attached hydrogen (secondary N) is 1. The van der Waals surface area contributed by atoms with Crippen molar-refractivity contribution in [2.75, 3.05) is 31.3 Å². The molecule has 0 spiro atoms. The third kappa shape index (κ3) is 4.44. The summed E-state index contributed by atoms with van der Waals surface area (Å²) < 4.78 is 5.07. The molecule has 5 nitrogen and oxygen atoms in total. The van der Waals surface area contributed by atoms with E-state index < -0.39 is 5.97 Å². The van der Waals surface area contributed by atoms with E-state index in [1.807, 2.05) is 0 Å². The van der Waals surface area contributed by atoms with Crippen molar-refractivity contribution in [3.05, 3.63) is 23.8 Å². The Labute approximate surface area is 113 Å². The lowest BCUT2D eigenvalue weighted by molar-refractivity contribution is 0.0698. The van der Waals surface area contributed by atoms with Gasteiger partial charge in [-0.05, 0) is 24.0 Å². The van der Waals surface area contributed by atoms with Crippen molar-refractivity contribution in [3.8, 4) is 0 Å². The molecular weight excluding hydrogens is 244 g/mol. The summed E-state index contributed by atoms with van der Waals surface area (Å²) in [5.74, 6) is -0.982. The number of anilines is 2. The predicted octanol–water partition coefficient (Wildman–Crippen LogP) is 2.44. The van der Waals surface area contributed by atoms with E-state index in [0.717, 1.165) is 6.42 Å². The number of nitrogens with two attached hydrogens (primary N) is 1. The second kappa shape index (κ2) is 6.43. The number of benzene rings is 1. The van der Waals surface area contributed by atoms with E-state index in [1.54, 1.807) is 25.3 Å². The highest BCUT2D eigenvalue weighted by Gasteiger charge is 2.19. The quantitative estimate of drug-likeness (QED) is 0.660. The Bertz CT molecular complexity index is 444. The summed E-state index contributed by atoms with van der Waals surface area (Å²) in [6, 6.07) is 4.88. The maximum absolute atomic E-state index is 11.2. The van der Waals surface area contributed by atoms with Crippen LogP contribution >= 0.6 is 0 Å². The standard InChI is InChI=1S/C14H22N2O3/c1-14(2,7-8-19-3)9-16-12-10(13(17)18)5-4-6-11(12)15/h4-6,16H,7-9,15H2,1-3H3,(H,17,18). The van der Waals surface area contributed by atoms with Crippen molar-refractivity contribution >= 4 is 17.3 Å². The highest BCUT2D eigenvalue weighted by atomic mass is 16.5. The fraction of sp³-hybridized carbons (Fsp3) is 0.500. The van der Waals surface area contributed by atoms with Crippen molar-refractivity contribution in [1.82, 2.24) is 0 Å². The van der Waals surface area contributed by atoms with Crippen LogP contribution < -0.4 is 11.1 Å². The van der Waals surface area contributed by atoms with E-state index in [4.69, 9.17) is 15.6 Å². The summed E-state index contributed by atoms with van der Waals surface area (Å²) in [5.41, 5.74) is 6.96. The van der Waals surface area contributed by atoms with Crippen molar-refractivity contribution in [2.24, 2.45) is 5.41 Å². The van der Waals surface area contributed by atoms with Gasteiger partial charge in [-0.3, -0.25) is 0 Å². The van der Waals surface area contributed by atoms with Gasteiger partial charge in [-0.25, -0.2) is 4.79 Å². The van der Waals surface area contributed by atoms with E-state index >= 15 is 0 Å². The molecule has 0 aliphatic carbocycles. The van der Waals surface area contributed by atoms with Crippen molar-refractivity contribution < 1.29 is 14.6 Å². The zero-order chi connectivity index (χ0) is 14.5. The molecule has 1 rings (SSSR count). The number of carbonyl (C=O) groups is 1. The van der Waals surface area contributed by atoms with Crippen molar-refractivity contribution in [3.63, 3.8) is 0 Å². The van der Waals surface area contributed by atoms with Crippen LogP contribution in [0.2, 0.25) is 0 Å². The summed E-state index contributed by atoms with van der Waals surface area (Å²) in [4.78, 5) is 11.2. The average molecular weight is 266 g/mol. The van der Waals surface area contributed by atoms with E-state index in [2.05, 4.69) is 19.2 Å². The molecule has 0 radical (unpaired) electrons. The number of nitrogen functional groups attached to an aromatic ring is 1. The van der Waals surface area contributed by atoms with Crippen LogP contribution in [-0.2, 0) is 4.74 Å². The summed E-state index contributed by atoms with van der Waals surface area (Å²) in [7, 11) is 1.67. The largest absolute Gasteiger partial charge is 0.478 e. The Kier molecular flexibility index (Phi) is 5.18. The van der Waals surface area contributed by atoms with Gasteiger partial charge < -0.3 is 20.9 Å². The summed E-state index contributed by atoms with van der Waals surface area (Å²) in [5, 5.41) is 12.3. The number of carboxylic acids is 1. The number of hydrogen-bond acceptors (Lipinski definition) is 4. The van der Waals surface area contributed by atoms with Gasteiger partial charge in [0.05, 0.1) is 16.9 Å². The van der Waals surface area contributed by atoms with Crippen molar-refractivity contribution in [2.45, 2.75) is 20.3 Å². The summed E-state index contributed by atoms with van der Waals surface area (Å²) in [6.07, 6.45) is 0.881. The van der Waals surface area contributed by atoms with Crippen LogP contribution in [0.4, 0.5) is 11.4 Å². The lowest BCUT2D eigenvalue weighted by atomic mass is 9.89. The number of hydrogen-bond donors (Lipinski definition) is 3. The maximum Gasteiger partial charge on any atom is 0.337 e. The minimum absolute atomic E-state index is 0.00589. The first-order valence-corrected chi connectivity index (χ1v) is 6.22. The average Bonchev–Trinajstić information content (AvgIpc) is 2.34. The normalized spacial score (nSPS) is 11.3. The minimum Gasteiger partial charge on any atom is -0.478 e. The summed E-state index contributed by atoms with van der Waals surface area (Å²) >= 11 is 0. The molecule has 0 aliphatic rings. The molecule has 1 aromatic rings. The molecule has 106 valence electrons. The van der Waals surface area contributed by atoms with E-state index in [1.165, 1.54) is 0 Å². The SMILES string of the molecule is COCCC(C)(C)CNc1c(N)cccc1C(=O)O. The first-order valence-electron chi connectivity index (χ1n) is 6.22. The molecular formula is C14H22N2O3. The first-order chi connectivity index (χ1) is 8.87. The Balaban J connectivity index is 2.80. The third-order valence-corrected chi connectivity index (χ3v) is 3.05. The second-order valence-electron chi connectivity index (χ2n) is 5.34. The van der Waals surface area contributed by atoms with Crippen LogP contribution in [-0.4, -0.2) is 31.3 Å². The fourth-order valence-corrected chi connectivity index (χ4v) is 1.74. The van der Waals surface area contributed by atoms with Gasteiger partial charge >= 0.3 is 5.97 Å². The molecule has 4 N–H and O–H groups in total. The molecule has 0 bridgehead atoms. The zero-order valence-corrected chi connectivity index (χ0v) is 11.7. The summed E-state index contributed by atoms with van der Waals surface area (Å²) in [6.45, 7) is 5.49. The Morgan fingerprint density at radius 3 is 2.74 bits per heavy atom. The van der Waals surface area contributed by atoms with Gasteiger partial charge in [0, 0.05) is 20.3 Å². The smallest absolute Gasteiger partial charge is 0.337 e. The molecule has 0 fully saturated rings. The number of rotatable bonds is 7. The topological polar surface area (TPSA) is 84.6 Å². The van der Waals surface area contributed by atoms with Crippen LogP contribution in [0, 0.1) is 5.41 Å². The van der Waals surface area contributed by atoms with Gasteiger partial charge in [0.25, 0.3) is 0 Å². The molecule has 0 unspecified atom stereocenters. The Hall–Kier alpha value is -1.75. The lowest BCUT2D eigenvalue weighted by Gasteiger charge is -2.26. The molecule has 1 aromatic carbocycles.